The molecule has 0 atom stereocenters. The second kappa shape index (κ2) is 13.7. The lowest BCUT2D eigenvalue weighted by molar-refractivity contribution is 0.417. The van der Waals surface area contributed by atoms with Crippen molar-refractivity contribution in [2.45, 2.75) is 136 Å². The minimum atomic E-state index is -0.316. The molecule has 4 nitrogen and oxygen atoms in total. The molecule has 1 fully saturated rings. The lowest BCUT2D eigenvalue weighted by Crippen LogP contribution is -2.61. The average molecular weight is 843 g/mol. The highest BCUT2D eigenvalue weighted by molar-refractivity contribution is 7.00. The van der Waals surface area contributed by atoms with E-state index in [0.29, 0.717) is 0 Å². The van der Waals surface area contributed by atoms with Crippen LogP contribution in [-0.4, -0.2) is 6.71 Å². The topological polar surface area (TPSA) is 28.9 Å². The predicted molar refractivity (Wildman–Crippen MR) is 271 cm³/mol. The van der Waals surface area contributed by atoms with Crippen molar-refractivity contribution in [2.24, 2.45) is 0 Å². The van der Waals surface area contributed by atoms with E-state index in [1.807, 2.05) is 0 Å². The Kier molecular flexibility index (Phi) is 8.77. The fourth-order valence-electron chi connectivity index (χ4n) is 11.3. The first kappa shape index (κ1) is 41.1. The van der Waals surface area contributed by atoms with E-state index in [1.165, 1.54) is 92.4 Å². The molecule has 0 spiro atoms. The zero-order valence-electron chi connectivity index (χ0n) is 40.1. The second-order valence-corrected chi connectivity index (χ2v) is 23.1. The largest absolute Gasteiger partial charge is 0.468 e. The van der Waals surface area contributed by atoms with Gasteiger partial charge in [-0.15, -0.1) is 0 Å². The van der Waals surface area contributed by atoms with Crippen LogP contribution in [0.5, 0.6) is 11.5 Å². The Morgan fingerprint density at radius 2 is 1.17 bits per heavy atom. The van der Waals surface area contributed by atoms with E-state index in [0.717, 1.165) is 39.8 Å². The number of fused-ring (bicyclic) bond motifs is 8. The maximum atomic E-state index is 7.35. The third kappa shape index (κ3) is 6.16. The highest BCUT2D eigenvalue weighted by atomic mass is 16.5. The normalized spacial score (nSPS) is 16.7. The molecule has 7 aromatic rings. The fraction of sp³-hybridized carbons (Fsp3) is 0.356. The Labute approximate surface area is 381 Å². The number of hydrogen-bond acceptors (Lipinski definition) is 4. The van der Waals surface area contributed by atoms with Crippen LogP contribution >= 0.6 is 0 Å². The maximum Gasteiger partial charge on any atom is 0.297 e. The first-order chi connectivity index (χ1) is 30.3. The maximum absolute atomic E-state index is 7.35. The van der Waals surface area contributed by atoms with E-state index in [-0.39, 0.29) is 33.8 Å². The van der Waals surface area contributed by atoms with E-state index < -0.39 is 0 Å². The Hall–Kier alpha value is -5.68. The van der Waals surface area contributed by atoms with Crippen molar-refractivity contribution in [1.29, 1.82) is 0 Å². The van der Waals surface area contributed by atoms with Crippen molar-refractivity contribution in [3.63, 3.8) is 0 Å². The Balaban J connectivity index is 1.19. The molecule has 4 heterocycles. The molecule has 64 heavy (non-hydrogen) atoms. The number of anilines is 6. The van der Waals surface area contributed by atoms with Gasteiger partial charge in [0.05, 0.1) is 11.3 Å². The minimum absolute atomic E-state index is 0.0163. The third-order valence-electron chi connectivity index (χ3n) is 15.3. The molecule has 6 aromatic carbocycles. The molecule has 0 bridgehead atoms. The summed E-state index contributed by atoms with van der Waals surface area (Å²) >= 11 is 0. The van der Waals surface area contributed by atoms with E-state index in [9.17, 15) is 0 Å². The van der Waals surface area contributed by atoms with Gasteiger partial charge in [0.1, 0.15) is 17.1 Å². The third-order valence-corrected chi connectivity index (χ3v) is 15.3. The van der Waals surface area contributed by atoms with Crippen molar-refractivity contribution in [1.82, 2.24) is 0 Å². The van der Waals surface area contributed by atoms with Crippen LogP contribution in [0.1, 0.15) is 142 Å². The van der Waals surface area contributed by atoms with Gasteiger partial charge in [0.15, 0.2) is 0 Å². The molecule has 0 saturated heterocycles. The van der Waals surface area contributed by atoms with Crippen LogP contribution in [0.25, 0.3) is 11.0 Å². The molecular formula is C59H63BN2O2. The molecule has 5 heteroatoms. The number of rotatable bonds is 5. The van der Waals surface area contributed by atoms with Crippen LogP contribution in [-0.2, 0) is 27.1 Å². The summed E-state index contributed by atoms with van der Waals surface area (Å²) in [6.45, 7) is 27.5. The average Bonchev–Trinajstić information content (AvgIpc) is 3.94. The van der Waals surface area contributed by atoms with E-state index in [2.05, 4.69) is 208 Å². The summed E-state index contributed by atoms with van der Waals surface area (Å²) in [6, 6.07) is 44.2. The monoisotopic (exact) mass is 842 g/mol. The highest BCUT2D eigenvalue weighted by Crippen LogP contribution is 2.55. The summed E-state index contributed by atoms with van der Waals surface area (Å²) in [5, 5.41) is 1.19. The van der Waals surface area contributed by atoms with Gasteiger partial charge in [-0.3, -0.25) is 0 Å². The van der Waals surface area contributed by atoms with Crippen molar-refractivity contribution in [2.75, 3.05) is 9.80 Å². The molecule has 1 aromatic heterocycles. The smallest absolute Gasteiger partial charge is 0.297 e. The highest BCUT2D eigenvalue weighted by Gasteiger charge is 2.49. The first-order valence-corrected chi connectivity index (χ1v) is 23.8. The number of furan rings is 1. The number of hydrogen-bond donors (Lipinski definition) is 0. The molecule has 0 N–H and O–H groups in total. The molecule has 0 amide bonds. The molecule has 4 aliphatic rings. The Morgan fingerprint density at radius 3 is 1.77 bits per heavy atom. The van der Waals surface area contributed by atoms with Crippen molar-refractivity contribution in [3.05, 3.63) is 149 Å². The Morgan fingerprint density at radius 1 is 0.594 bits per heavy atom. The van der Waals surface area contributed by atoms with Crippen LogP contribution in [0.3, 0.4) is 0 Å². The van der Waals surface area contributed by atoms with Gasteiger partial charge in [-0.2, -0.15) is 0 Å². The first-order valence-electron chi connectivity index (χ1n) is 23.8. The van der Waals surface area contributed by atoms with Gasteiger partial charge in [-0.1, -0.05) is 138 Å². The molecule has 11 rings (SSSR count). The van der Waals surface area contributed by atoms with Crippen LogP contribution < -0.4 is 31.1 Å². The lowest BCUT2D eigenvalue weighted by atomic mass is 9.35. The molecule has 1 saturated carbocycles. The van der Waals surface area contributed by atoms with E-state index in [4.69, 9.17) is 9.15 Å². The van der Waals surface area contributed by atoms with Crippen LogP contribution in [0.15, 0.2) is 120 Å². The fourth-order valence-corrected chi connectivity index (χ4v) is 11.3. The lowest BCUT2D eigenvalue weighted by Gasteiger charge is -2.44. The van der Waals surface area contributed by atoms with Gasteiger partial charge < -0.3 is 19.0 Å². The summed E-state index contributed by atoms with van der Waals surface area (Å²) in [5.41, 5.74) is 19.2. The summed E-state index contributed by atoms with van der Waals surface area (Å²) in [5.74, 6) is 1.85. The number of nitrogens with zero attached hydrogens (tertiary/aromatic N) is 2. The van der Waals surface area contributed by atoms with Crippen molar-refractivity contribution < 1.29 is 9.15 Å². The number of ether oxygens (including phenoxy) is 1. The van der Waals surface area contributed by atoms with Crippen molar-refractivity contribution >= 4 is 68.4 Å². The van der Waals surface area contributed by atoms with Gasteiger partial charge in [0.25, 0.3) is 6.71 Å². The molecule has 0 radical (unpaired) electrons. The summed E-state index contributed by atoms with van der Waals surface area (Å²) < 4.78 is 14.4. The second-order valence-electron chi connectivity index (χ2n) is 23.1. The Bertz CT molecular complexity index is 3020. The zero-order chi connectivity index (χ0) is 44.9. The van der Waals surface area contributed by atoms with Gasteiger partial charge in [0, 0.05) is 50.4 Å². The molecule has 3 aliphatic heterocycles. The summed E-state index contributed by atoms with van der Waals surface area (Å²) in [4.78, 5) is 5.03. The molecule has 1 aliphatic carbocycles. The zero-order valence-corrected chi connectivity index (χ0v) is 40.1. The van der Waals surface area contributed by atoms with E-state index >= 15 is 0 Å². The molecular weight excluding hydrogens is 779 g/mol. The van der Waals surface area contributed by atoms with Crippen LogP contribution in [0, 0.1) is 0 Å². The number of benzene rings is 6. The van der Waals surface area contributed by atoms with Crippen LogP contribution in [0.2, 0.25) is 0 Å². The minimum Gasteiger partial charge on any atom is -0.468 e. The van der Waals surface area contributed by atoms with Gasteiger partial charge in [-0.25, -0.2) is 0 Å². The SMILES string of the molecule is CCCC1(c2ccc3oc4c(c3c2)N(c2ccc(C(C)(C)C)cc2)c2cccc3c2B4c2cc4c(cc2N3c2ccc(C(C)(C)C)cc2)C(C)(C)c2cc(C(C)(C)C)ccc2O4)CC1. The van der Waals surface area contributed by atoms with Gasteiger partial charge >= 0.3 is 0 Å². The molecule has 324 valence electrons. The van der Waals surface area contributed by atoms with E-state index in [1.54, 1.807) is 0 Å². The van der Waals surface area contributed by atoms with Crippen LogP contribution in [0.4, 0.5) is 34.1 Å². The van der Waals surface area contributed by atoms with Crippen molar-refractivity contribution in [3.8, 4) is 11.5 Å². The van der Waals surface area contributed by atoms with Gasteiger partial charge in [-0.05, 0) is 141 Å². The quantitative estimate of drug-likeness (QED) is 0.161. The summed E-state index contributed by atoms with van der Waals surface area (Å²) in [6.07, 6.45) is 4.90. The molecule has 0 unspecified atom stereocenters. The standard InChI is InChI=1S/C59H63BN2O2/c1-13-29-59(30-31-59)39-22-27-49-42(32-39)53-54(64-49)60-45-35-51-44(58(11,12)43-33-38(57(8,9)10)21-28-50(43)63-51)34-48(45)61(40-23-17-36(18-24-40)55(2,3)4)46-15-14-16-47(52(46)60)62(53)41-25-19-37(20-26-41)56(5,6)7/h14-28,32-35H,13,29-31H2,1-12H3. The van der Waals surface area contributed by atoms with Gasteiger partial charge in [0.2, 0.25) is 0 Å². The summed E-state index contributed by atoms with van der Waals surface area (Å²) in [7, 11) is 0. The predicted octanol–water partition coefficient (Wildman–Crippen LogP) is 14.7.